The maximum absolute atomic E-state index is 11.8. The number of fused-ring (bicyclic) bond motifs is 1. The summed E-state index contributed by atoms with van der Waals surface area (Å²) in [7, 11) is 0. The van der Waals surface area contributed by atoms with E-state index in [1.54, 1.807) is 6.08 Å². The molecule has 17 heavy (non-hydrogen) atoms. The summed E-state index contributed by atoms with van der Waals surface area (Å²) in [5.41, 5.74) is 2.24. The summed E-state index contributed by atoms with van der Waals surface area (Å²) >= 11 is 0. The van der Waals surface area contributed by atoms with Gasteiger partial charge in [0, 0.05) is 5.92 Å². The van der Waals surface area contributed by atoms with E-state index in [2.05, 4.69) is 20.4 Å². The minimum absolute atomic E-state index is 0.132. The Hall–Kier alpha value is -1.18. The molecule has 0 aliphatic heterocycles. The Balaban J connectivity index is 2.38. The maximum Gasteiger partial charge on any atom is 0.221 e. The second-order valence-electron chi connectivity index (χ2n) is 5.82. The van der Waals surface area contributed by atoms with Crippen molar-refractivity contribution in [3.8, 4) is 0 Å². The first kappa shape index (κ1) is 12.3. The molecule has 0 radical (unpaired) electrons. The quantitative estimate of drug-likeness (QED) is 0.514. The molecule has 1 saturated carbocycles. The number of allylic oxidation sites excluding steroid dienone is 3. The number of Topliss-reactive ketones (excluding diaryl/α,β-unsaturated/α-hetero) is 1. The molecule has 2 aliphatic rings. The van der Waals surface area contributed by atoms with Crippen LogP contribution in [-0.4, -0.2) is 11.6 Å². The minimum Gasteiger partial charge on any atom is -0.290 e. The molecule has 0 bridgehead atoms. The van der Waals surface area contributed by atoms with Crippen LogP contribution >= 0.6 is 0 Å². The lowest BCUT2D eigenvalue weighted by atomic mass is 9.57. The molecule has 2 aliphatic carbocycles. The Kier molecular flexibility index (Phi) is 2.84. The topological polar surface area (TPSA) is 34.1 Å². The Bertz CT molecular complexity index is 430. The zero-order valence-electron chi connectivity index (χ0n) is 10.9. The molecule has 3 atom stereocenters. The number of hydrogen-bond acceptors (Lipinski definition) is 2. The summed E-state index contributed by atoms with van der Waals surface area (Å²) in [6, 6.07) is 0. The number of ketones is 2. The highest BCUT2D eigenvalue weighted by Gasteiger charge is 2.47. The first-order chi connectivity index (χ1) is 7.86. The molecule has 0 heterocycles. The fourth-order valence-electron chi connectivity index (χ4n) is 3.20. The average molecular weight is 232 g/mol. The highest BCUT2D eigenvalue weighted by molar-refractivity contribution is 6.43. The molecule has 0 aromatic heterocycles. The van der Waals surface area contributed by atoms with Crippen LogP contribution in [0.3, 0.4) is 0 Å². The van der Waals surface area contributed by atoms with Gasteiger partial charge in [0.25, 0.3) is 0 Å². The molecule has 0 saturated heterocycles. The van der Waals surface area contributed by atoms with Gasteiger partial charge in [-0.2, -0.15) is 0 Å². The summed E-state index contributed by atoms with van der Waals surface area (Å²) in [6.45, 7) is 10.1. The second kappa shape index (κ2) is 3.94. The third kappa shape index (κ3) is 1.80. The fourth-order valence-corrected chi connectivity index (χ4v) is 3.20. The van der Waals surface area contributed by atoms with Crippen LogP contribution in [0.5, 0.6) is 0 Å². The molecular weight excluding hydrogens is 212 g/mol. The normalized spacial score (nSPS) is 37.5. The summed E-state index contributed by atoms with van der Waals surface area (Å²) in [6.07, 6.45) is 4.54. The van der Waals surface area contributed by atoms with Gasteiger partial charge in [0.1, 0.15) is 0 Å². The van der Waals surface area contributed by atoms with Crippen molar-refractivity contribution in [2.24, 2.45) is 17.3 Å². The molecule has 2 nitrogen and oxygen atoms in total. The Labute approximate surface area is 103 Å². The van der Waals surface area contributed by atoms with Gasteiger partial charge in [-0.05, 0) is 43.6 Å². The van der Waals surface area contributed by atoms with Gasteiger partial charge in [-0.3, -0.25) is 9.59 Å². The summed E-state index contributed by atoms with van der Waals surface area (Å²) in [4.78, 5) is 23.4. The Morgan fingerprint density at radius 2 is 2.12 bits per heavy atom. The van der Waals surface area contributed by atoms with E-state index in [0.717, 1.165) is 19.3 Å². The standard InChI is InChI=1S/C15H20O2/c1-9(2)11-5-6-12-7-13(16)14(17)10(3)15(12,4)8-11/h7,10-11H,1,5-6,8H2,2-4H3. The van der Waals surface area contributed by atoms with E-state index in [0.29, 0.717) is 5.92 Å². The van der Waals surface area contributed by atoms with Crippen LogP contribution in [-0.2, 0) is 9.59 Å². The van der Waals surface area contributed by atoms with E-state index < -0.39 is 0 Å². The van der Waals surface area contributed by atoms with Crippen molar-refractivity contribution >= 4 is 11.6 Å². The van der Waals surface area contributed by atoms with Crippen LogP contribution in [0.25, 0.3) is 0 Å². The van der Waals surface area contributed by atoms with Gasteiger partial charge in [-0.1, -0.05) is 31.6 Å². The van der Waals surface area contributed by atoms with E-state index in [1.165, 1.54) is 11.1 Å². The van der Waals surface area contributed by atoms with Crippen LogP contribution in [0.15, 0.2) is 23.8 Å². The van der Waals surface area contributed by atoms with E-state index in [4.69, 9.17) is 0 Å². The van der Waals surface area contributed by atoms with Crippen LogP contribution in [0, 0.1) is 17.3 Å². The van der Waals surface area contributed by atoms with Gasteiger partial charge in [-0.25, -0.2) is 0 Å². The van der Waals surface area contributed by atoms with Crippen molar-refractivity contribution in [1.29, 1.82) is 0 Å². The average Bonchev–Trinajstić information content (AvgIpc) is 2.27. The first-order valence-corrected chi connectivity index (χ1v) is 6.31. The molecule has 92 valence electrons. The highest BCUT2D eigenvalue weighted by Crippen LogP contribution is 2.51. The van der Waals surface area contributed by atoms with Crippen molar-refractivity contribution in [3.63, 3.8) is 0 Å². The van der Waals surface area contributed by atoms with Crippen molar-refractivity contribution in [2.45, 2.75) is 40.0 Å². The van der Waals surface area contributed by atoms with Gasteiger partial charge < -0.3 is 0 Å². The predicted molar refractivity (Wildman–Crippen MR) is 67.5 cm³/mol. The third-order valence-corrected chi connectivity index (χ3v) is 4.76. The van der Waals surface area contributed by atoms with Gasteiger partial charge in [0.2, 0.25) is 11.6 Å². The van der Waals surface area contributed by atoms with Gasteiger partial charge >= 0.3 is 0 Å². The largest absolute Gasteiger partial charge is 0.290 e. The van der Waals surface area contributed by atoms with Crippen molar-refractivity contribution in [3.05, 3.63) is 23.8 Å². The van der Waals surface area contributed by atoms with Crippen molar-refractivity contribution < 1.29 is 9.59 Å². The maximum atomic E-state index is 11.8. The molecular formula is C15H20O2. The van der Waals surface area contributed by atoms with E-state index >= 15 is 0 Å². The number of hydrogen-bond donors (Lipinski definition) is 0. The molecule has 3 unspecified atom stereocenters. The molecule has 0 aromatic rings. The molecule has 0 aromatic carbocycles. The van der Waals surface area contributed by atoms with Gasteiger partial charge in [0.05, 0.1) is 0 Å². The zero-order valence-corrected chi connectivity index (χ0v) is 10.9. The molecule has 2 rings (SSSR count). The highest BCUT2D eigenvalue weighted by atomic mass is 16.2. The van der Waals surface area contributed by atoms with E-state index in [-0.39, 0.29) is 22.9 Å². The smallest absolute Gasteiger partial charge is 0.221 e. The van der Waals surface area contributed by atoms with Crippen LogP contribution in [0.4, 0.5) is 0 Å². The number of carbonyl (C=O) groups excluding carboxylic acids is 2. The van der Waals surface area contributed by atoms with E-state index in [9.17, 15) is 9.59 Å². The summed E-state index contributed by atoms with van der Waals surface area (Å²) in [5, 5.41) is 0. The van der Waals surface area contributed by atoms with Crippen LogP contribution in [0.2, 0.25) is 0 Å². The SMILES string of the molecule is C=C(C)C1CCC2=CC(=O)C(=O)C(C)C2(C)C1. The van der Waals surface area contributed by atoms with Crippen LogP contribution in [0.1, 0.15) is 40.0 Å². The molecule has 0 amide bonds. The fraction of sp³-hybridized carbons (Fsp3) is 0.600. The number of carbonyl (C=O) groups is 2. The van der Waals surface area contributed by atoms with E-state index in [1.807, 2.05) is 6.92 Å². The number of rotatable bonds is 1. The van der Waals surface area contributed by atoms with Gasteiger partial charge in [-0.15, -0.1) is 0 Å². The van der Waals surface area contributed by atoms with Crippen LogP contribution < -0.4 is 0 Å². The lowest BCUT2D eigenvalue weighted by Gasteiger charge is -2.46. The monoisotopic (exact) mass is 232 g/mol. The van der Waals surface area contributed by atoms with Crippen molar-refractivity contribution in [1.82, 2.24) is 0 Å². The summed E-state index contributed by atoms with van der Waals surface area (Å²) < 4.78 is 0. The molecule has 0 N–H and O–H groups in total. The Morgan fingerprint density at radius 1 is 1.47 bits per heavy atom. The summed E-state index contributed by atoms with van der Waals surface area (Å²) in [5.74, 6) is -0.227. The lowest BCUT2D eigenvalue weighted by Crippen LogP contribution is -2.44. The molecule has 1 fully saturated rings. The zero-order chi connectivity index (χ0) is 12.8. The van der Waals surface area contributed by atoms with Crippen molar-refractivity contribution in [2.75, 3.05) is 0 Å². The predicted octanol–water partition coefficient (Wildman–Crippen LogP) is 3.08. The van der Waals surface area contributed by atoms with Gasteiger partial charge in [0.15, 0.2) is 0 Å². The minimum atomic E-state index is -0.307. The molecule has 2 heteroatoms. The second-order valence-corrected chi connectivity index (χ2v) is 5.82. The Morgan fingerprint density at radius 3 is 2.71 bits per heavy atom. The lowest BCUT2D eigenvalue weighted by molar-refractivity contribution is -0.139. The first-order valence-electron chi connectivity index (χ1n) is 6.31. The third-order valence-electron chi connectivity index (χ3n) is 4.76. The molecule has 0 spiro atoms.